The van der Waals surface area contributed by atoms with E-state index in [1.807, 2.05) is 0 Å². The second kappa shape index (κ2) is 9.60. The molecule has 1 heterocycles. The molecule has 1 saturated heterocycles. The standard InChI is InChI=1S/C24H29F3O/c1-3-5-7-16-8-11-20(22(25)14-16)21-13-12-19(23(26)24(21)27)17-9-10-18(6-4-2)28-15-17/h8,11-14,17-18H,3-7,9-10,15H2,1-2H3. The van der Waals surface area contributed by atoms with E-state index in [2.05, 4.69) is 13.8 Å². The van der Waals surface area contributed by atoms with Crippen LogP contribution >= 0.6 is 0 Å². The van der Waals surface area contributed by atoms with Crippen LogP contribution in [0.2, 0.25) is 0 Å². The Hall–Kier alpha value is -1.81. The zero-order valence-electron chi connectivity index (χ0n) is 16.7. The van der Waals surface area contributed by atoms with Crippen molar-refractivity contribution in [2.24, 2.45) is 0 Å². The summed E-state index contributed by atoms with van der Waals surface area (Å²) in [4.78, 5) is 0. The van der Waals surface area contributed by atoms with Crippen LogP contribution in [-0.4, -0.2) is 12.7 Å². The molecule has 1 aliphatic heterocycles. The molecule has 3 rings (SSSR count). The smallest absolute Gasteiger partial charge is 0.167 e. The monoisotopic (exact) mass is 390 g/mol. The number of halogens is 3. The van der Waals surface area contributed by atoms with Crippen LogP contribution in [0.15, 0.2) is 30.3 Å². The molecule has 2 atom stereocenters. The average molecular weight is 390 g/mol. The highest BCUT2D eigenvalue weighted by Crippen LogP contribution is 2.35. The van der Waals surface area contributed by atoms with E-state index in [1.165, 1.54) is 12.1 Å². The number of benzene rings is 2. The highest BCUT2D eigenvalue weighted by atomic mass is 19.2. The van der Waals surface area contributed by atoms with Gasteiger partial charge in [-0.1, -0.05) is 51.0 Å². The quantitative estimate of drug-likeness (QED) is 0.487. The van der Waals surface area contributed by atoms with Crippen LogP contribution in [0.4, 0.5) is 13.2 Å². The number of ether oxygens (including phenoxy) is 1. The maximum atomic E-state index is 14.8. The van der Waals surface area contributed by atoms with E-state index >= 15 is 0 Å². The van der Waals surface area contributed by atoms with E-state index in [1.54, 1.807) is 18.2 Å². The van der Waals surface area contributed by atoms with Crippen LogP contribution in [0.1, 0.15) is 69.4 Å². The highest BCUT2D eigenvalue weighted by Gasteiger charge is 2.27. The highest BCUT2D eigenvalue weighted by molar-refractivity contribution is 5.66. The van der Waals surface area contributed by atoms with Crippen LogP contribution in [-0.2, 0) is 11.2 Å². The minimum absolute atomic E-state index is 0.0265. The van der Waals surface area contributed by atoms with Crippen LogP contribution < -0.4 is 0 Å². The number of rotatable bonds is 7. The maximum absolute atomic E-state index is 14.8. The van der Waals surface area contributed by atoms with Gasteiger partial charge in [0, 0.05) is 17.0 Å². The third-order valence-electron chi connectivity index (χ3n) is 5.68. The van der Waals surface area contributed by atoms with E-state index in [9.17, 15) is 13.2 Å². The Kier molecular flexibility index (Phi) is 7.17. The van der Waals surface area contributed by atoms with Gasteiger partial charge in [-0.05, 0) is 49.3 Å². The molecular formula is C24H29F3O. The molecule has 1 aliphatic rings. The lowest BCUT2D eigenvalue weighted by Gasteiger charge is -2.29. The zero-order valence-corrected chi connectivity index (χ0v) is 16.7. The summed E-state index contributed by atoms with van der Waals surface area (Å²) in [6.07, 6.45) is 6.67. The summed E-state index contributed by atoms with van der Waals surface area (Å²) in [6, 6.07) is 7.86. The lowest BCUT2D eigenvalue weighted by atomic mass is 9.88. The van der Waals surface area contributed by atoms with Gasteiger partial charge in [-0.15, -0.1) is 0 Å². The molecular weight excluding hydrogens is 361 g/mol. The molecule has 1 nitrogen and oxygen atoms in total. The molecule has 152 valence electrons. The van der Waals surface area contributed by atoms with Gasteiger partial charge in [0.25, 0.3) is 0 Å². The van der Waals surface area contributed by atoms with E-state index < -0.39 is 17.5 Å². The molecule has 0 N–H and O–H groups in total. The van der Waals surface area contributed by atoms with Gasteiger partial charge in [-0.25, -0.2) is 13.2 Å². The Morgan fingerprint density at radius 3 is 2.36 bits per heavy atom. The van der Waals surface area contributed by atoms with Crippen molar-refractivity contribution in [3.63, 3.8) is 0 Å². The predicted octanol–water partition coefficient (Wildman–Crippen LogP) is 7.18. The Morgan fingerprint density at radius 2 is 1.71 bits per heavy atom. The Labute approximate surface area is 165 Å². The molecule has 0 bridgehead atoms. The van der Waals surface area contributed by atoms with Crippen molar-refractivity contribution >= 4 is 0 Å². The molecule has 2 unspecified atom stereocenters. The third-order valence-corrected chi connectivity index (χ3v) is 5.68. The van der Waals surface area contributed by atoms with E-state index in [0.717, 1.165) is 50.5 Å². The van der Waals surface area contributed by atoms with Gasteiger partial charge in [0.1, 0.15) is 5.82 Å². The van der Waals surface area contributed by atoms with Gasteiger partial charge >= 0.3 is 0 Å². The number of hydrogen-bond donors (Lipinski definition) is 0. The molecule has 28 heavy (non-hydrogen) atoms. The molecule has 0 saturated carbocycles. The first kappa shape index (κ1) is 20.9. The van der Waals surface area contributed by atoms with Crippen molar-refractivity contribution in [3.05, 3.63) is 58.9 Å². The molecule has 0 aliphatic carbocycles. The number of aryl methyl sites for hydroxylation is 1. The summed E-state index contributed by atoms with van der Waals surface area (Å²) in [7, 11) is 0. The summed E-state index contributed by atoms with van der Waals surface area (Å²) in [5.41, 5.74) is 1.28. The van der Waals surface area contributed by atoms with Crippen LogP contribution in [0, 0.1) is 17.5 Å². The lowest BCUT2D eigenvalue weighted by molar-refractivity contribution is -0.00181. The van der Waals surface area contributed by atoms with E-state index in [4.69, 9.17) is 4.74 Å². The maximum Gasteiger partial charge on any atom is 0.167 e. The molecule has 1 fully saturated rings. The number of hydrogen-bond acceptors (Lipinski definition) is 1. The minimum atomic E-state index is -0.978. The summed E-state index contributed by atoms with van der Waals surface area (Å²) in [5.74, 6) is -2.52. The first-order chi connectivity index (χ1) is 13.5. The number of unbranched alkanes of at least 4 members (excludes halogenated alkanes) is 1. The SMILES string of the molecule is CCCCc1ccc(-c2ccc(C3CCC(CCC)OC3)c(F)c2F)c(F)c1. The van der Waals surface area contributed by atoms with Crippen LogP contribution in [0.25, 0.3) is 11.1 Å². The second-order valence-corrected chi connectivity index (χ2v) is 7.77. The topological polar surface area (TPSA) is 9.23 Å². The van der Waals surface area contributed by atoms with Gasteiger partial charge in [0.2, 0.25) is 0 Å². The van der Waals surface area contributed by atoms with Gasteiger partial charge in [0.05, 0.1) is 12.7 Å². The second-order valence-electron chi connectivity index (χ2n) is 7.77. The summed E-state index contributed by atoms with van der Waals surface area (Å²) in [5, 5.41) is 0. The largest absolute Gasteiger partial charge is 0.378 e. The molecule has 0 amide bonds. The van der Waals surface area contributed by atoms with Crippen molar-refractivity contribution in [1.82, 2.24) is 0 Å². The van der Waals surface area contributed by atoms with Gasteiger partial charge in [0.15, 0.2) is 11.6 Å². The molecule has 0 aromatic heterocycles. The fourth-order valence-corrected chi connectivity index (χ4v) is 4.00. The van der Waals surface area contributed by atoms with Crippen molar-refractivity contribution < 1.29 is 17.9 Å². The van der Waals surface area contributed by atoms with Crippen LogP contribution in [0.5, 0.6) is 0 Å². The van der Waals surface area contributed by atoms with Crippen LogP contribution in [0.3, 0.4) is 0 Å². The van der Waals surface area contributed by atoms with Crippen molar-refractivity contribution in [2.75, 3.05) is 6.61 Å². The van der Waals surface area contributed by atoms with Crippen molar-refractivity contribution in [3.8, 4) is 11.1 Å². The van der Waals surface area contributed by atoms with Crippen molar-refractivity contribution in [2.45, 2.75) is 70.8 Å². The minimum Gasteiger partial charge on any atom is -0.378 e. The predicted molar refractivity (Wildman–Crippen MR) is 107 cm³/mol. The summed E-state index contributed by atoms with van der Waals surface area (Å²) >= 11 is 0. The van der Waals surface area contributed by atoms with Crippen molar-refractivity contribution in [1.29, 1.82) is 0 Å². The fourth-order valence-electron chi connectivity index (χ4n) is 4.00. The van der Waals surface area contributed by atoms with Gasteiger partial charge in [-0.2, -0.15) is 0 Å². The van der Waals surface area contributed by atoms with E-state index in [-0.39, 0.29) is 23.1 Å². The Morgan fingerprint density at radius 1 is 0.929 bits per heavy atom. The Bertz CT molecular complexity index is 795. The molecule has 4 heteroatoms. The average Bonchev–Trinajstić information content (AvgIpc) is 2.70. The first-order valence-electron chi connectivity index (χ1n) is 10.4. The first-order valence-corrected chi connectivity index (χ1v) is 10.4. The zero-order chi connectivity index (χ0) is 20.1. The molecule has 0 spiro atoms. The fraction of sp³-hybridized carbons (Fsp3) is 0.500. The normalized spacial score (nSPS) is 19.8. The molecule has 2 aromatic carbocycles. The third kappa shape index (κ3) is 4.60. The molecule has 0 radical (unpaired) electrons. The lowest BCUT2D eigenvalue weighted by Crippen LogP contribution is -2.25. The summed E-state index contributed by atoms with van der Waals surface area (Å²) < 4.78 is 50.0. The molecule has 2 aromatic rings. The summed E-state index contributed by atoms with van der Waals surface area (Å²) in [6.45, 7) is 4.59. The Balaban J connectivity index is 1.81. The van der Waals surface area contributed by atoms with Gasteiger partial charge < -0.3 is 4.74 Å². The van der Waals surface area contributed by atoms with Gasteiger partial charge in [-0.3, -0.25) is 0 Å². The van der Waals surface area contributed by atoms with E-state index in [0.29, 0.717) is 12.2 Å².